The van der Waals surface area contributed by atoms with E-state index in [2.05, 4.69) is 5.32 Å². The van der Waals surface area contributed by atoms with E-state index < -0.39 is 0 Å². The fourth-order valence-corrected chi connectivity index (χ4v) is 1.44. The lowest BCUT2D eigenvalue weighted by Crippen LogP contribution is -2.56. The number of hydrogen-bond donors (Lipinski definition) is 2. The van der Waals surface area contributed by atoms with Crippen molar-refractivity contribution in [2.45, 2.75) is 25.5 Å². The van der Waals surface area contributed by atoms with Gasteiger partial charge in [0, 0.05) is 12.0 Å². The molecule has 0 aromatic carbocycles. The summed E-state index contributed by atoms with van der Waals surface area (Å²) in [7, 11) is 1.77. The maximum Gasteiger partial charge on any atom is 0.134 e. The van der Waals surface area contributed by atoms with Gasteiger partial charge in [0.1, 0.15) is 5.78 Å². The maximum absolute atomic E-state index is 10.8. The van der Waals surface area contributed by atoms with Crippen molar-refractivity contribution < 1.29 is 9.90 Å². The highest BCUT2D eigenvalue weighted by Gasteiger charge is 2.41. The number of carbonyl (C=O) groups excluding carboxylic acids is 1. The van der Waals surface area contributed by atoms with Gasteiger partial charge in [-0.15, -0.1) is 0 Å². The molecule has 0 aromatic rings. The third-order valence-corrected chi connectivity index (χ3v) is 2.20. The van der Waals surface area contributed by atoms with Crippen LogP contribution in [-0.2, 0) is 4.79 Å². The summed E-state index contributed by atoms with van der Waals surface area (Å²) in [6, 6.07) is -0.00231. The third kappa shape index (κ3) is 1.07. The average Bonchev–Trinajstić information content (AvgIpc) is 1.83. The van der Waals surface area contributed by atoms with Crippen LogP contribution in [0.1, 0.15) is 13.3 Å². The zero-order valence-corrected chi connectivity index (χ0v) is 6.29. The summed E-state index contributed by atoms with van der Waals surface area (Å²) >= 11 is 0. The van der Waals surface area contributed by atoms with Crippen LogP contribution in [0.25, 0.3) is 0 Å². The number of nitrogens with one attached hydrogen (secondary N) is 1. The molecule has 3 atom stereocenters. The van der Waals surface area contributed by atoms with Gasteiger partial charge in [0.2, 0.25) is 0 Å². The molecule has 0 aliphatic heterocycles. The molecular weight excluding hydrogens is 130 g/mol. The first-order valence-electron chi connectivity index (χ1n) is 3.52. The van der Waals surface area contributed by atoms with Gasteiger partial charge >= 0.3 is 0 Å². The standard InChI is InChI=1S/C7H13NO2/c1-4(9)5-3-6(10)7(5)8-2/h5-8,10H,3H2,1-2H3/t5-,6-,7?/m1/s1. The van der Waals surface area contributed by atoms with Crippen molar-refractivity contribution in [2.75, 3.05) is 7.05 Å². The van der Waals surface area contributed by atoms with E-state index in [0.717, 1.165) is 0 Å². The molecule has 0 aromatic heterocycles. The number of likely N-dealkylation sites (N-methyl/N-ethyl adjacent to an activating group) is 1. The highest BCUT2D eigenvalue weighted by molar-refractivity contribution is 5.80. The number of carbonyl (C=O) groups is 1. The van der Waals surface area contributed by atoms with E-state index in [1.807, 2.05) is 0 Å². The summed E-state index contributed by atoms with van der Waals surface area (Å²) in [5.41, 5.74) is 0. The lowest BCUT2D eigenvalue weighted by atomic mass is 9.74. The minimum atomic E-state index is -0.320. The van der Waals surface area contributed by atoms with Crippen LogP contribution in [0, 0.1) is 5.92 Å². The second-order valence-corrected chi connectivity index (χ2v) is 2.83. The van der Waals surface area contributed by atoms with Gasteiger partial charge in [0.25, 0.3) is 0 Å². The Bertz CT molecular complexity index is 147. The zero-order chi connectivity index (χ0) is 7.72. The second kappa shape index (κ2) is 2.68. The quantitative estimate of drug-likeness (QED) is 0.550. The molecule has 58 valence electrons. The molecule has 3 heteroatoms. The molecule has 0 heterocycles. The van der Waals surface area contributed by atoms with E-state index in [9.17, 15) is 4.79 Å². The Morgan fingerprint density at radius 2 is 2.30 bits per heavy atom. The summed E-state index contributed by atoms with van der Waals surface area (Å²) < 4.78 is 0. The van der Waals surface area contributed by atoms with E-state index in [4.69, 9.17) is 5.11 Å². The van der Waals surface area contributed by atoms with Crippen LogP contribution in [0.3, 0.4) is 0 Å². The molecule has 0 bridgehead atoms. The minimum absolute atomic E-state index is 0.00231. The van der Waals surface area contributed by atoms with Crippen LogP contribution in [0.15, 0.2) is 0 Å². The van der Waals surface area contributed by atoms with Crippen molar-refractivity contribution in [1.82, 2.24) is 5.32 Å². The number of aliphatic hydroxyl groups excluding tert-OH is 1. The third-order valence-electron chi connectivity index (χ3n) is 2.20. The topological polar surface area (TPSA) is 49.3 Å². The van der Waals surface area contributed by atoms with Crippen molar-refractivity contribution in [3.63, 3.8) is 0 Å². The van der Waals surface area contributed by atoms with E-state index in [1.54, 1.807) is 14.0 Å². The van der Waals surface area contributed by atoms with E-state index >= 15 is 0 Å². The van der Waals surface area contributed by atoms with Gasteiger partial charge in [-0.05, 0) is 20.4 Å². The fraction of sp³-hybridized carbons (Fsp3) is 0.857. The van der Waals surface area contributed by atoms with Crippen LogP contribution in [0.5, 0.6) is 0 Å². The van der Waals surface area contributed by atoms with Crippen molar-refractivity contribution >= 4 is 5.78 Å². The Hall–Kier alpha value is -0.410. The van der Waals surface area contributed by atoms with Crippen LogP contribution in [-0.4, -0.2) is 30.1 Å². The summed E-state index contributed by atoms with van der Waals surface area (Å²) in [5, 5.41) is 12.0. The monoisotopic (exact) mass is 143 g/mol. The summed E-state index contributed by atoms with van der Waals surface area (Å²) in [5.74, 6) is 0.213. The van der Waals surface area contributed by atoms with Gasteiger partial charge in [-0.1, -0.05) is 0 Å². The second-order valence-electron chi connectivity index (χ2n) is 2.83. The molecule has 1 aliphatic carbocycles. The van der Waals surface area contributed by atoms with Crippen molar-refractivity contribution in [3.05, 3.63) is 0 Å². The minimum Gasteiger partial charge on any atom is -0.391 e. The van der Waals surface area contributed by atoms with Crippen LogP contribution in [0.4, 0.5) is 0 Å². The number of aliphatic hydroxyl groups is 1. The summed E-state index contributed by atoms with van der Waals surface area (Å²) in [4.78, 5) is 10.8. The van der Waals surface area contributed by atoms with Crippen LogP contribution < -0.4 is 5.32 Å². The van der Waals surface area contributed by atoms with Crippen molar-refractivity contribution in [2.24, 2.45) is 5.92 Å². The van der Waals surface area contributed by atoms with Crippen molar-refractivity contribution in [1.29, 1.82) is 0 Å². The molecule has 1 aliphatic rings. The van der Waals surface area contributed by atoms with Crippen LogP contribution in [0.2, 0.25) is 0 Å². The van der Waals surface area contributed by atoms with Gasteiger partial charge in [-0.2, -0.15) is 0 Å². The van der Waals surface area contributed by atoms with Gasteiger partial charge in [0.05, 0.1) is 6.10 Å². The Labute approximate surface area is 60.4 Å². The van der Waals surface area contributed by atoms with Gasteiger partial charge < -0.3 is 10.4 Å². The summed E-state index contributed by atoms with van der Waals surface area (Å²) in [6.07, 6.45) is 0.305. The molecule has 1 saturated carbocycles. The molecule has 1 rings (SSSR count). The molecule has 3 nitrogen and oxygen atoms in total. The molecule has 1 fully saturated rings. The first-order chi connectivity index (χ1) is 4.66. The molecule has 0 saturated heterocycles. The molecule has 0 spiro atoms. The Kier molecular flexibility index (Phi) is 2.06. The fourth-order valence-electron chi connectivity index (χ4n) is 1.44. The Balaban J connectivity index is 2.45. The Morgan fingerprint density at radius 1 is 1.70 bits per heavy atom. The Morgan fingerprint density at radius 3 is 2.50 bits per heavy atom. The van der Waals surface area contributed by atoms with E-state index in [0.29, 0.717) is 6.42 Å². The number of Topliss-reactive ketones (excluding diaryl/α,β-unsaturated/α-hetero) is 1. The lowest BCUT2D eigenvalue weighted by Gasteiger charge is -2.39. The van der Waals surface area contributed by atoms with Gasteiger partial charge in [-0.25, -0.2) is 0 Å². The number of hydrogen-bond acceptors (Lipinski definition) is 3. The van der Waals surface area contributed by atoms with Crippen LogP contribution >= 0.6 is 0 Å². The molecule has 0 radical (unpaired) electrons. The molecule has 10 heavy (non-hydrogen) atoms. The maximum atomic E-state index is 10.8. The smallest absolute Gasteiger partial charge is 0.134 e. The van der Waals surface area contributed by atoms with Gasteiger partial charge in [-0.3, -0.25) is 4.79 Å². The first kappa shape index (κ1) is 7.69. The summed E-state index contributed by atoms with van der Waals surface area (Å²) in [6.45, 7) is 1.57. The molecule has 1 unspecified atom stereocenters. The van der Waals surface area contributed by atoms with Gasteiger partial charge in [0.15, 0.2) is 0 Å². The first-order valence-corrected chi connectivity index (χ1v) is 3.52. The number of ketones is 1. The molecular formula is C7H13NO2. The lowest BCUT2D eigenvalue weighted by molar-refractivity contribution is -0.129. The number of rotatable bonds is 2. The molecule has 2 N–H and O–H groups in total. The predicted octanol–water partition coefficient (Wildman–Crippen LogP) is -0.456. The van der Waals surface area contributed by atoms with Crippen molar-refractivity contribution in [3.8, 4) is 0 Å². The zero-order valence-electron chi connectivity index (χ0n) is 6.29. The highest BCUT2D eigenvalue weighted by Crippen LogP contribution is 2.28. The molecule has 0 amide bonds. The highest BCUT2D eigenvalue weighted by atomic mass is 16.3. The normalized spacial score (nSPS) is 38.9. The predicted molar refractivity (Wildman–Crippen MR) is 37.6 cm³/mol. The SMILES string of the molecule is CNC1[C@H](O)C[C@@H]1C(C)=O. The average molecular weight is 143 g/mol. The van der Waals surface area contributed by atoms with E-state index in [1.165, 1.54) is 0 Å². The largest absolute Gasteiger partial charge is 0.391 e. The van der Waals surface area contributed by atoms with E-state index in [-0.39, 0.29) is 23.8 Å².